The minimum absolute atomic E-state index is 0.717. The molecule has 4 aliphatic carbocycles. The van der Waals surface area contributed by atoms with E-state index in [4.69, 9.17) is 4.74 Å². The molecule has 4 saturated carbocycles. The van der Waals surface area contributed by atoms with Gasteiger partial charge in [-0.25, -0.2) is 0 Å². The fourth-order valence-electron chi connectivity index (χ4n) is 5.39. The summed E-state index contributed by atoms with van der Waals surface area (Å²) in [4.78, 5) is 0. The van der Waals surface area contributed by atoms with Crippen molar-refractivity contribution in [1.29, 1.82) is 0 Å². The SMILES string of the molecule is CCOc1ccc(NC2C3CC4CC(C3)CC2C4)c(C)c1. The number of nitrogens with one attached hydrogen (secondary N) is 1. The summed E-state index contributed by atoms with van der Waals surface area (Å²) < 4.78 is 5.60. The van der Waals surface area contributed by atoms with E-state index in [0.717, 1.165) is 42.1 Å². The second-order valence-electron chi connectivity index (χ2n) is 7.51. The smallest absolute Gasteiger partial charge is 0.119 e. The summed E-state index contributed by atoms with van der Waals surface area (Å²) >= 11 is 0. The van der Waals surface area contributed by atoms with Gasteiger partial charge >= 0.3 is 0 Å². The van der Waals surface area contributed by atoms with Crippen LogP contribution in [0.1, 0.15) is 44.6 Å². The lowest BCUT2D eigenvalue weighted by molar-refractivity contribution is 0.00752. The van der Waals surface area contributed by atoms with Crippen molar-refractivity contribution in [1.82, 2.24) is 0 Å². The number of ether oxygens (including phenoxy) is 1. The van der Waals surface area contributed by atoms with Crippen molar-refractivity contribution < 1.29 is 4.74 Å². The third-order valence-corrected chi connectivity index (χ3v) is 6.06. The highest BCUT2D eigenvalue weighted by Gasteiger charge is 2.48. The van der Waals surface area contributed by atoms with E-state index in [1.165, 1.54) is 43.4 Å². The van der Waals surface area contributed by atoms with Crippen LogP contribution in [0.5, 0.6) is 5.75 Å². The fraction of sp³-hybridized carbons (Fsp3) is 0.684. The first-order valence-corrected chi connectivity index (χ1v) is 8.73. The molecule has 1 aromatic carbocycles. The Balaban J connectivity index is 1.51. The van der Waals surface area contributed by atoms with Gasteiger partial charge in [0, 0.05) is 11.7 Å². The number of benzene rings is 1. The first kappa shape index (κ1) is 13.5. The largest absolute Gasteiger partial charge is 0.494 e. The first-order chi connectivity index (χ1) is 10.2. The van der Waals surface area contributed by atoms with E-state index in [-0.39, 0.29) is 0 Å². The molecular weight excluding hydrogens is 258 g/mol. The van der Waals surface area contributed by atoms with Gasteiger partial charge in [-0.1, -0.05) is 0 Å². The maximum Gasteiger partial charge on any atom is 0.119 e. The van der Waals surface area contributed by atoms with Crippen LogP contribution in [0, 0.1) is 30.6 Å². The highest BCUT2D eigenvalue weighted by molar-refractivity contribution is 5.54. The normalized spacial score (nSPS) is 36.8. The lowest BCUT2D eigenvalue weighted by atomic mass is 9.54. The van der Waals surface area contributed by atoms with Gasteiger partial charge in [0.25, 0.3) is 0 Å². The summed E-state index contributed by atoms with van der Waals surface area (Å²) in [6, 6.07) is 7.21. The maximum atomic E-state index is 5.60. The van der Waals surface area contributed by atoms with Gasteiger partial charge in [0.15, 0.2) is 0 Å². The Morgan fingerprint density at radius 3 is 2.29 bits per heavy atom. The molecule has 114 valence electrons. The summed E-state index contributed by atoms with van der Waals surface area (Å²) in [6.07, 6.45) is 7.42. The van der Waals surface area contributed by atoms with Crippen LogP contribution in [0.15, 0.2) is 18.2 Å². The average Bonchev–Trinajstić information content (AvgIpc) is 2.44. The van der Waals surface area contributed by atoms with Gasteiger partial charge in [-0.3, -0.25) is 0 Å². The van der Waals surface area contributed by atoms with Crippen LogP contribution in [0.4, 0.5) is 5.69 Å². The van der Waals surface area contributed by atoms with E-state index in [1.54, 1.807) is 0 Å². The summed E-state index contributed by atoms with van der Waals surface area (Å²) in [5.74, 6) is 4.93. The van der Waals surface area contributed by atoms with Gasteiger partial charge in [-0.2, -0.15) is 0 Å². The minimum Gasteiger partial charge on any atom is -0.494 e. The van der Waals surface area contributed by atoms with Gasteiger partial charge in [-0.05, 0) is 93.4 Å². The summed E-state index contributed by atoms with van der Waals surface area (Å²) in [5.41, 5.74) is 2.63. The molecular formula is C19H27NO. The molecule has 0 saturated heterocycles. The van der Waals surface area contributed by atoms with Gasteiger partial charge < -0.3 is 10.1 Å². The molecule has 4 bridgehead atoms. The van der Waals surface area contributed by atoms with Crippen LogP contribution >= 0.6 is 0 Å². The van der Waals surface area contributed by atoms with Crippen molar-refractivity contribution in [2.75, 3.05) is 11.9 Å². The van der Waals surface area contributed by atoms with Gasteiger partial charge in [0.1, 0.15) is 5.75 Å². The Kier molecular flexibility index (Phi) is 3.35. The number of anilines is 1. The third kappa shape index (κ3) is 2.43. The molecule has 0 radical (unpaired) electrons. The number of rotatable bonds is 4. The number of hydrogen-bond donors (Lipinski definition) is 1. The second kappa shape index (κ2) is 5.23. The molecule has 2 heteroatoms. The second-order valence-corrected chi connectivity index (χ2v) is 7.51. The van der Waals surface area contributed by atoms with E-state index in [0.29, 0.717) is 0 Å². The molecule has 0 atom stereocenters. The van der Waals surface area contributed by atoms with E-state index < -0.39 is 0 Å². The van der Waals surface area contributed by atoms with Crippen molar-refractivity contribution >= 4 is 5.69 Å². The summed E-state index contributed by atoms with van der Waals surface area (Å²) in [7, 11) is 0. The molecule has 0 unspecified atom stereocenters. The van der Waals surface area contributed by atoms with Gasteiger partial charge in [0.05, 0.1) is 6.61 Å². The van der Waals surface area contributed by atoms with Crippen molar-refractivity contribution in [3.8, 4) is 5.75 Å². The summed E-state index contributed by atoms with van der Waals surface area (Å²) in [5, 5.41) is 3.91. The van der Waals surface area contributed by atoms with Crippen LogP contribution in [-0.2, 0) is 0 Å². The van der Waals surface area contributed by atoms with Crippen molar-refractivity contribution in [2.45, 2.75) is 52.0 Å². The molecule has 1 aromatic rings. The highest BCUT2D eigenvalue weighted by Crippen LogP contribution is 2.54. The maximum absolute atomic E-state index is 5.60. The molecule has 5 rings (SSSR count). The lowest BCUT2D eigenvalue weighted by Crippen LogP contribution is -2.51. The van der Waals surface area contributed by atoms with Crippen LogP contribution in [0.2, 0.25) is 0 Å². The van der Waals surface area contributed by atoms with E-state index in [9.17, 15) is 0 Å². The molecule has 0 amide bonds. The topological polar surface area (TPSA) is 21.3 Å². The molecule has 0 aromatic heterocycles. The van der Waals surface area contributed by atoms with E-state index in [1.807, 2.05) is 6.92 Å². The predicted octanol–water partition coefficient (Wildman–Crippen LogP) is 4.63. The highest BCUT2D eigenvalue weighted by atomic mass is 16.5. The Hall–Kier alpha value is -1.18. The van der Waals surface area contributed by atoms with Crippen molar-refractivity contribution in [2.24, 2.45) is 23.7 Å². The van der Waals surface area contributed by atoms with Crippen molar-refractivity contribution in [3.63, 3.8) is 0 Å². The molecule has 1 N–H and O–H groups in total. The number of hydrogen-bond acceptors (Lipinski definition) is 2. The molecule has 0 aliphatic heterocycles. The van der Waals surface area contributed by atoms with Crippen LogP contribution < -0.4 is 10.1 Å². The predicted molar refractivity (Wildman–Crippen MR) is 86.8 cm³/mol. The minimum atomic E-state index is 0.717. The lowest BCUT2D eigenvalue weighted by Gasteiger charge is -2.54. The Labute approximate surface area is 128 Å². The number of aryl methyl sites for hydroxylation is 1. The Morgan fingerprint density at radius 1 is 1.05 bits per heavy atom. The fourth-order valence-corrected chi connectivity index (χ4v) is 5.39. The zero-order valence-electron chi connectivity index (χ0n) is 13.3. The zero-order chi connectivity index (χ0) is 14.4. The quantitative estimate of drug-likeness (QED) is 0.871. The molecule has 2 nitrogen and oxygen atoms in total. The standard InChI is InChI=1S/C19H27NO/c1-3-21-17-4-5-18(12(2)6-17)20-19-15-8-13-7-14(10-15)11-16(19)9-13/h4-6,13-16,19-20H,3,7-11H2,1-2H3. The van der Waals surface area contributed by atoms with Gasteiger partial charge in [-0.15, -0.1) is 0 Å². The molecule has 0 spiro atoms. The van der Waals surface area contributed by atoms with Crippen molar-refractivity contribution in [3.05, 3.63) is 23.8 Å². The zero-order valence-corrected chi connectivity index (χ0v) is 13.3. The molecule has 21 heavy (non-hydrogen) atoms. The molecule has 0 heterocycles. The first-order valence-electron chi connectivity index (χ1n) is 8.73. The Morgan fingerprint density at radius 2 is 1.71 bits per heavy atom. The monoisotopic (exact) mass is 285 g/mol. The van der Waals surface area contributed by atoms with E-state index >= 15 is 0 Å². The summed E-state index contributed by atoms with van der Waals surface area (Å²) in [6.45, 7) is 4.97. The van der Waals surface area contributed by atoms with Crippen LogP contribution in [0.3, 0.4) is 0 Å². The molecule has 4 fully saturated rings. The average molecular weight is 285 g/mol. The van der Waals surface area contributed by atoms with Gasteiger partial charge in [0.2, 0.25) is 0 Å². The Bertz CT molecular complexity index is 496. The van der Waals surface area contributed by atoms with Crippen LogP contribution in [0.25, 0.3) is 0 Å². The van der Waals surface area contributed by atoms with E-state index in [2.05, 4.69) is 30.4 Å². The third-order valence-electron chi connectivity index (χ3n) is 6.06. The molecule has 4 aliphatic rings. The van der Waals surface area contributed by atoms with Crippen LogP contribution in [-0.4, -0.2) is 12.6 Å².